The van der Waals surface area contributed by atoms with Crippen LogP contribution in [0.2, 0.25) is 0 Å². The van der Waals surface area contributed by atoms with Crippen LogP contribution in [0.25, 0.3) is 0 Å². The lowest BCUT2D eigenvalue weighted by molar-refractivity contribution is -0.125. The van der Waals surface area contributed by atoms with Gasteiger partial charge in [0.1, 0.15) is 5.82 Å². The molecule has 1 aromatic heterocycles. The average molecular weight is 304 g/mol. The van der Waals surface area contributed by atoms with Crippen LogP contribution in [0.1, 0.15) is 43.1 Å². The van der Waals surface area contributed by atoms with E-state index in [-0.39, 0.29) is 17.7 Å². The molecule has 1 aromatic rings. The van der Waals surface area contributed by atoms with Crippen LogP contribution in [0.15, 0.2) is 12.3 Å². The Labute approximate surface area is 131 Å². The van der Waals surface area contributed by atoms with Crippen LogP contribution in [0.5, 0.6) is 0 Å². The number of hydrogen-bond donors (Lipinski definition) is 2. The lowest BCUT2D eigenvalue weighted by Crippen LogP contribution is -2.38. The largest absolute Gasteiger partial charge is 0.381 e. The molecule has 22 heavy (non-hydrogen) atoms. The van der Waals surface area contributed by atoms with Gasteiger partial charge in [-0.1, -0.05) is 0 Å². The minimum absolute atomic E-state index is 0.134. The van der Waals surface area contributed by atoms with Crippen molar-refractivity contribution in [1.82, 2.24) is 20.6 Å². The quantitative estimate of drug-likeness (QED) is 0.867. The minimum atomic E-state index is 0.134. The summed E-state index contributed by atoms with van der Waals surface area (Å²) in [6, 6.07) is 1.87. The Bertz CT molecular complexity index is 497. The number of nitrogens with zero attached hydrogens (tertiary/aromatic N) is 2. The molecule has 0 saturated carbocycles. The van der Waals surface area contributed by atoms with Crippen LogP contribution in [0, 0.1) is 5.92 Å². The van der Waals surface area contributed by atoms with Crippen molar-refractivity contribution in [2.75, 3.05) is 26.3 Å². The molecule has 0 spiro atoms. The van der Waals surface area contributed by atoms with Crippen LogP contribution in [-0.2, 0) is 16.1 Å². The highest BCUT2D eigenvalue weighted by molar-refractivity contribution is 5.78. The summed E-state index contributed by atoms with van der Waals surface area (Å²) in [5, 5.41) is 6.29. The zero-order chi connectivity index (χ0) is 15.2. The molecule has 2 fully saturated rings. The van der Waals surface area contributed by atoms with Crippen molar-refractivity contribution >= 4 is 5.91 Å². The van der Waals surface area contributed by atoms with Crippen molar-refractivity contribution in [3.05, 3.63) is 23.8 Å². The van der Waals surface area contributed by atoms with Gasteiger partial charge in [-0.2, -0.15) is 0 Å². The second-order valence-corrected chi connectivity index (χ2v) is 6.06. The van der Waals surface area contributed by atoms with Gasteiger partial charge in [-0.05, 0) is 44.8 Å². The normalized spacial score (nSPS) is 23.2. The number of amides is 1. The van der Waals surface area contributed by atoms with Gasteiger partial charge in [0.15, 0.2) is 0 Å². The smallest absolute Gasteiger partial charge is 0.223 e. The van der Waals surface area contributed by atoms with E-state index >= 15 is 0 Å². The van der Waals surface area contributed by atoms with Crippen molar-refractivity contribution in [3.63, 3.8) is 0 Å². The molecule has 0 aromatic carbocycles. The number of ether oxygens (including phenoxy) is 1. The molecule has 2 aliphatic rings. The predicted molar refractivity (Wildman–Crippen MR) is 82.3 cm³/mol. The zero-order valence-corrected chi connectivity index (χ0v) is 12.9. The van der Waals surface area contributed by atoms with Crippen molar-refractivity contribution in [1.29, 1.82) is 0 Å². The molecule has 0 aliphatic carbocycles. The predicted octanol–water partition coefficient (Wildman–Crippen LogP) is 0.986. The molecule has 2 saturated heterocycles. The third-order valence-corrected chi connectivity index (χ3v) is 4.41. The molecule has 0 radical (unpaired) electrons. The van der Waals surface area contributed by atoms with Crippen molar-refractivity contribution in [3.8, 4) is 0 Å². The first-order chi connectivity index (χ1) is 10.8. The van der Waals surface area contributed by atoms with Crippen LogP contribution in [0.3, 0.4) is 0 Å². The van der Waals surface area contributed by atoms with Crippen LogP contribution < -0.4 is 10.6 Å². The van der Waals surface area contributed by atoms with Crippen LogP contribution >= 0.6 is 0 Å². The summed E-state index contributed by atoms with van der Waals surface area (Å²) in [7, 11) is 0. The first-order valence-electron chi connectivity index (χ1n) is 8.21. The molecule has 1 atom stereocenters. The van der Waals surface area contributed by atoms with Gasteiger partial charge < -0.3 is 15.4 Å². The SMILES string of the molecule is O=C(NCc1ccnc([C@H]2CCCOC2)n1)C1CCNCC1. The van der Waals surface area contributed by atoms with E-state index in [9.17, 15) is 4.79 Å². The third kappa shape index (κ3) is 4.01. The molecule has 6 heteroatoms. The Kier molecular flexibility index (Phi) is 5.34. The van der Waals surface area contributed by atoms with Gasteiger partial charge in [0.25, 0.3) is 0 Å². The lowest BCUT2D eigenvalue weighted by atomic mass is 9.97. The van der Waals surface area contributed by atoms with E-state index in [0.717, 1.165) is 56.9 Å². The van der Waals surface area contributed by atoms with Gasteiger partial charge in [0.05, 0.1) is 18.8 Å². The molecule has 3 heterocycles. The van der Waals surface area contributed by atoms with Crippen molar-refractivity contribution in [2.24, 2.45) is 5.92 Å². The number of piperidine rings is 1. The van der Waals surface area contributed by atoms with Crippen LogP contribution in [-0.4, -0.2) is 42.2 Å². The van der Waals surface area contributed by atoms with E-state index < -0.39 is 0 Å². The fraction of sp³-hybridized carbons (Fsp3) is 0.688. The monoisotopic (exact) mass is 304 g/mol. The van der Waals surface area contributed by atoms with E-state index in [1.807, 2.05) is 6.07 Å². The molecule has 3 rings (SSSR count). The zero-order valence-electron chi connectivity index (χ0n) is 12.9. The molecule has 0 bridgehead atoms. The average Bonchev–Trinajstić information content (AvgIpc) is 2.61. The summed E-state index contributed by atoms with van der Waals surface area (Å²) in [6.45, 7) is 3.87. The lowest BCUT2D eigenvalue weighted by Gasteiger charge is -2.22. The topological polar surface area (TPSA) is 76.1 Å². The van der Waals surface area contributed by atoms with Crippen molar-refractivity contribution in [2.45, 2.75) is 38.1 Å². The molecule has 2 aliphatic heterocycles. The first-order valence-corrected chi connectivity index (χ1v) is 8.21. The number of carbonyl (C=O) groups is 1. The molecule has 0 unspecified atom stereocenters. The van der Waals surface area contributed by atoms with Gasteiger partial charge in [0.2, 0.25) is 5.91 Å². The third-order valence-electron chi connectivity index (χ3n) is 4.41. The molecule has 6 nitrogen and oxygen atoms in total. The maximum absolute atomic E-state index is 12.2. The highest BCUT2D eigenvalue weighted by Gasteiger charge is 2.21. The molecule has 120 valence electrons. The number of nitrogens with one attached hydrogen (secondary N) is 2. The highest BCUT2D eigenvalue weighted by atomic mass is 16.5. The fourth-order valence-corrected chi connectivity index (χ4v) is 3.06. The summed E-state index contributed by atoms with van der Waals surface area (Å²) in [5.41, 5.74) is 0.873. The maximum Gasteiger partial charge on any atom is 0.223 e. The highest BCUT2D eigenvalue weighted by Crippen LogP contribution is 2.22. The second-order valence-electron chi connectivity index (χ2n) is 6.06. The standard InChI is InChI=1S/C16H24N4O2/c21-16(12-3-6-17-7-4-12)19-10-14-5-8-18-15(20-14)13-2-1-9-22-11-13/h5,8,12-13,17H,1-4,6-7,9-11H2,(H,19,21)/t13-/m0/s1. The molecular weight excluding hydrogens is 280 g/mol. The van der Waals surface area contributed by atoms with Gasteiger partial charge in [0, 0.05) is 24.6 Å². The van der Waals surface area contributed by atoms with Gasteiger partial charge in [-0.15, -0.1) is 0 Å². The van der Waals surface area contributed by atoms with E-state index in [1.54, 1.807) is 6.20 Å². The van der Waals surface area contributed by atoms with E-state index in [4.69, 9.17) is 4.74 Å². The first kappa shape index (κ1) is 15.4. The molecular formula is C16H24N4O2. The number of aromatic nitrogens is 2. The summed E-state index contributed by atoms with van der Waals surface area (Å²) in [5.74, 6) is 1.40. The summed E-state index contributed by atoms with van der Waals surface area (Å²) in [4.78, 5) is 21.1. The maximum atomic E-state index is 12.2. The van der Waals surface area contributed by atoms with Crippen molar-refractivity contribution < 1.29 is 9.53 Å². The molecule has 2 N–H and O–H groups in total. The number of carbonyl (C=O) groups excluding carboxylic acids is 1. The summed E-state index contributed by atoms with van der Waals surface area (Å²) < 4.78 is 5.50. The Hall–Kier alpha value is -1.53. The Morgan fingerprint density at radius 1 is 1.36 bits per heavy atom. The summed E-state index contributed by atoms with van der Waals surface area (Å²) in [6.07, 6.45) is 5.75. The number of rotatable bonds is 4. The van der Waals surface area contributed by atoms with E-state index in [0.29, 0.717) is 13.2 Å². The Morgan fingerprint density at radius 2 is 2.23 bits per heavy atom. The van der Waals surface area contributed by atoms with Gasteiger partial charge >= 0.3 is 0 Å². The van der Waals surface area contributed by atoms with Crippen LogP contribution in [0.4, 0.5) is 0 Å². The second kappa shape index (κ2) is 7.65. The van der Waals surface area contributed by atoms with Gasteiger partial charge in [-0.3, -0.25) is 4.79 Å². The van der Waals surface area contributed by atoms with Gasteiger partial charge in [-0.25, -0.2) is 9.97 Å². The summed E-state index contributed by atoms with van der Waals surface area (Å²) >= 11 is 0. The minimum Gasteiger partial charge on any atom is -0.381 e. The van der Waals surface area contributed by atoms with E-state index in [2.05, 4.69) is 20.6 Å². The molecule has 1 amide bonds. The number of hydrogen-bond acceptors (Lipinski definition) is 5. The van der Waals surface area contributed by atoms with E-state index in [1.165, 1.54) is 0 Å². The fourth-order valence-electron chi connectivity index (χ4n) is 3.06. The Balaban J connectivity index is 1.54. The Morgan fingerprint density at radius 3 is 3.00 bits per heavy atom.